The smallest absolute Gasteiger partial charge is 0.284 e. The van der Waals surface area contributed by atoms with E-state index in [4.69, 9.17) is 26.5 Å². The molecule has 3 aromatic carbocycles. The molecule has 146 valence electrons. The summed E-state index contributed by atoms with van der Waals surface area (Å²) in [6.45, 7) is 0.488. The van der Waals surface area contributed by atoms with Gasteiger partial charge in [0.05, 0.1) is 0 Å². The summed E-state index contributed by atoms with van der Waals surface area (Å²) in [5, 5.41) is 0.823. The van der Waals surface area contributed by atoms with Gasteiger partial charge < -0.3 is 14.9 Å². The lowest BCUT2D eigenvalue weighted by Crippen LogP contribution is -2.08. The third-order valence-electron chi connectivity index (χ3n) is 4.78. The van der Waals surface area contributed by atoms with Crippen molar-refractivity contribution in [2.45, 2.75) is 13.0 Å². The lowest BCUT2D eigenvalue weighted by Gasteiger charge is -2.15. The average Bonchev–Trinajstić information content (AvgIpc) is 3.18. The number of furan rings is 1. The normalized spacial score (nSPS) is 10.9. The van der Waals surface area contributed by atoms with E-state index in [9.17, 15) is 4.79 Å². The number of halogens is 1. The van der Waals surface area contributed by atoms with E-state index >= 15 is 0 Å². The van der Waals surface area contributed by atoms with Crippen LogP contribution in [0.25, 0.3) is 22.1 Å². The molecular formula is C24H20ClNO3. The van der Waals surface area contributed by atoms with Gasteiger partial charge in [-0.3, -0.25) is 4.79 Å². The van der Waals surface area contributed by atoms with Gasteiger partial charge in [0.25, 0.3) is 5.91 Å². The molecule has 1 amide bonds. The van der Waals surface area contributed by atoms with Crippen LogP contribution in [-0.4, -0.2) is 11.8 Å². The van der Waals surface area contributed by atoms with Crippen LogP contribution in [0.5, 0.6) is 5.75 Å². The minimum Gasteiger partial charge on any atom is -0.489 e. The highest BCUT2D eigenvalue weighted by Crippen LogP contribution is 2.34. The topological polar surface area (TPSA) is 65.5 Å². The third kappa shape index (κ3) is 4.13. The lowest BCUT2D eigenvalue weighted by atomic mass is 9.96. The molecule has 4 aromatic rings. The maximum Gasteiger partial charge on any atom is 0.284 e. The molecule has 4 nitrogen and oxygen atoms in total. The van der Waals surface area contributed by atoms with Crippen molar-refractivity contribution in [1.29, 1.82) is 0 Å². The minimum atomic E-state index is -0.582. The molecule has 0 radical (unpaired) electrons. The van der Waals surface area contributed by atoms with E-state index in [1.807, 2.05) is 66.7 Å². The second-order valence-corrected chi connectivity index (χ2v) is 7.10. The molecule has 4 rings (SSSR count). The van der Waals surface area contributed by atoms with Crippen LogP contribution in [-0.2, 0) is 13.0 Å². The molecule has 0 saturated heterocycles. The van der Waals surface area contributed by atoms with Crippen molar-refractivity contribution >= 4 is 28.5 Å². The fraction of sp³-hybridized carbons (Fsp3) is 0.125. The minimum absolute atomic E-state index is 0.151. The molecule has 0 aliphatic carbocycles. The van der Waals surface area contributed by atoms with Gasteiger partial charge >= 0.3 is 0 Å². The molecule has 0 fully saturated rings. The fourth-order valence-electron chi connectivity index (χ4n) is 3.39. The highest BCUT2D eigenvalue weighted by Gasteiger charge is 2.14. The predicted octanol–water partition coefficient (Wildman–Crippen LogP) is 5.56. The van der Waals surface area contributed by atoms with E-state index in [1.165, 1.54) is 0 Å². The maximum absolute atomic E-state index is 11.4. The Hall–Kier alpha value is -3.24. The summed E-state index contributed by atoms with van der Waals surface area (Å²) >= 11 is 6.10. The molecule has 0 aliphatic heterocycles. The highest BCUT2D eigenvalue weighted by molar-refractivity contribution is 6.18. The monoisotopic (exact) mass is 405 g/mol. The zero-order chi connectivity index (χ0) is 20.2. The van der Waals surface area contributed by atoms with Crippen LogP contribution in [0.15, 0.2) is 77.2 Å². The molecule has 0 spiro atoms. The molecule has 0 aliphatic rings. The Labute approximate surface area is 173 Å². The van der Waals surface area contributed by atoms with Crippen LogP contribution in [0.4, 0.5) is 0 Å². The molecule has 1 heterocycles. The van der Waals surface area contributed by atoms with E-state index in [2.05, 4.69) is 0 Å². The number of primary amides is 1. The summed E-state index contributed by atoms with van der Waals surface area (Å²) in [6.07, 6.45) is 0.678. The molecule has 0 unspecified atom stereocenters. The number of benzene rings is 3. The summed E-state index contributed by atoms with van der Waals surface area (Å²) < 4.78 is 11.6. The van der Waals surface area contributed by atoms with Crippen LogP contribution in [0.1, 0.15) is 21.7 Å². The quantitative estimate of drug-likeness (QED) is 0.409. The van der Waals surface area contributed by atoms with Crippen molar-refractivity contribution in [1.82, 2.24) is 0 Å². The van der Waals surface area contributed by atoms with Crippen LogP contribution < -0.4 is 10.5 Å². The van der Waals surface area contributed by atoms with Crippen LogP contribution >= 0.6 is 11.6 Å². The van der Waals surface area contributed by atoms with Gasteiger partial charge in [0.2, 0.25) is 0 Å². The average molecular weight is 406 g/mol. The highest BCUT2D eigenvalue weighted by atomic mass is 35.5. The standard InChI is InChI=1S/C24H20ClNO3/c25-12-11-20-19(7-4-8-22(20)28-15-16-5-2-1-3-6-16)17-9-10-21-18(13-17)14-23(29-21)24(26)27/h1-10,13-14H,11-12,15H2,(H2,26,27). The first kappa shape index (κ1) is 19.1. The summed E-state index contributed by atoms with van der Waals surface area (Å²) in [7, 11) is 0. The number of carbonyl (C=O) groups is 1. The Bertz CT molecular complexity index is 1150. The summed E-state index contributed by atoms with van der Waals surface area (Å²) in [4.78, 5) is 11.4. The van der Waals surface area contributed by atoms with Crippen molar-refractivity contribution in [2.24, 2.45) is 5.73 Å². The van der Waals surface area contributed by atoms with Crippen molar-refractivity contribution in [3.8, 4) is 16.9 Å². The summed E-state index contributed by atoms with van der Waals surface area (Å²) in [5.74, 6) is 0.871. The second-order valence-electron chi connectivity index (χ2n) is 6.72. The van der Waals surface area contributed by atoms with E-state index in [1.54, 1.807) is 6.07 Å². The Morgan fingerprint density at radius 2 is 1.83 bits per heavy atom. The van der Waals surface area contributed by atoms with Gasteiger partial charge in [0.15, 0.2) is 5.76 Å². The number of alkyl halides is 1. The lowest BCUT2D eigenvalue weighted by molar-refractivity contribution is 0.0976. The molecule has 5 heteroatoms. The number of hydrogen-bond acceptors (Lipinski definition) is 3. The predicted molar refractivity (Wildman–Crippen MR) is 115 cm³/mol. The Balaban J connectivity index is 1.71. The largest absolute Gasteiger partial charge is 0.489 e. The first-order valence-electron chi connectivity index (χ1n) is 9.34. The van der Waals surface area contributed by atoms with Gasteiger partial charge in [-0.15, -0.1) is 11.6 Å². The van der Waals surface area contributed by atoms with E-state index in [-0.39, 0.29) is 5.76 Å². The molecule has 0 saturated carbocycles. The molecule has 2 N–H and O–H groups in total. The van der Waals surface area contributed by atoms with Gasteiger partial charge in [0, 0.05) is 16.8 Å². The number of fused-ring (bicyclic) bond motifs is 1. The fourth-order valence-corrected chi connectivity index (χ4v) is 3.58. The van der Waals surface area contributed by atoms with Gasteiger partial charge in [0.1, 0.15) is 17.9 Å². The molecule has 1 aromatic heterocycles. The third-order valence-corrected chi connectivity index (χ3v) is 4.97. The van der Waals surface area contributed by atoms with Gasteiger partial charge in [-0.25, -0.2) is 0 Å². The summed E-state index contributed by atoms with van der Waals surface area (Å²) in [5.41, 5.74) is 10.1. The number of hydrogen-bond donors (Lipinski definition) is 1. The first-order valence-corrected chi connectivity index (χ1v) is 9.87. The zero-order valence-corrected chi connectivity index (χ0v) is 16.5. The Kier molecular flexibility index (Phi) is 5.54. The van der Waals surface area contributed by atoms with Crippen molar-refractivity contribution in [3.05, 3.63) is 89.7 Å². The van der Waals surface area contributed by atoms with Gasteiger partial charge in [-0.1, -0.05) is 48.5 Å². The van der Waals surface area contributed by atoms with E-state index < -0.39 is 5.91 Å². The van der Waals surface area contributed by atoms with Crippen molar-refractivity contribution in [3.63, 3.8) is 0 Å². The van der Waals surface area contributed by atoms with E-state index in [0.717, 1.165) is 33.4 Å². The number of carbonyl (C=O) groups excluding carboxylic acids is 1. The second kappa shape index (κ2) is 8.41. The maximum atomic E-state index is 11.4. The molecular weight excluding hydrogens is 386 g/mol. The number of rotatable bonds is 7. The number of nitrogens with two attached hydrogens (primary N) is 1. The van der Waals surface area contributed by atoms with E-state index in [0.29, 0.717) is 24.5 Å². The van der Waals surface area contributed by atoms with Crippen LogP contribution in [0.2, 0.25) is 0 Å². The Morgan fingerprint density at radius 3 is 2.59 bits per heavy atom. The van der Waals surface area contributed by atoms with Gasteiger partial charge in [-0.2, -0.15) is 0 Å². The zero-order valence-electron chi connectivity index (χ0n) is 15.7. The Morgan fingerprint density at radius 1 is 1.00 bits per heavy atom. The molecule has 29 heavy (non-hydrogen) atoms. The molecule has 0 atom stereocenters. The number of amides is 1. The first-order chi connectivity index (χ1) is 14.2. The van der Waals surface area contributed by atoms with Crippen LogP contribution in [0.3, 0.4) is 0 Å². The van der Waals surface area contributed by atoms with Crippen molar-refractivity contribution < 1.29 is 13.9 Å². The SMILES string of the molecule is NC(=O)c1cc2cc(-c3cccc(OCc4ccccc4)c3CCCl)ccc2o1. The number of ether oxygens (including phenoxy) is 1. The molecule has 0 bridgehead atoms. The van der Waals surface area contributed by atoms with Crippen LogP contribution in [0, 0.1) is 0 Å². The van der Waals surface area contributed by atoms with Crippen molar-refractivity contribution in [2.75, 3.05) is 5.88 Å². The summed E-state index contributed by atoms with van der Waals surface area (Å²) in [6, 6.07) is 23.5. The van der Waals surface area contributed by atoms with Gasteiger partial charge in [-0.05, 0) is 47.4 Å².